The van der Waals surface area contributed by atoms with Gasteiger partial charge in [-0.2, -0.15) is 11.8 Å². The van der Waals surface area contributed by atoms with Crippen LogP contribution in [-0.4, -0.2) is 49.7 Å². The van der Waals surface area contributed by atoms with Gasteiger partial charge in [0.2, 0.25) is 0 Å². The lowest BCUT2D eigenvalue weighted by Crippen LogP contribution is -2.48. The molecule has 0 bridgehead atoms. The lowest BCUT2D eigenvalue weighted by Gasteiger charge is -2.39. The van der Waals surface area contributed by atoms with Crippen LogP contribution in [0.4, 0.5) is 0 Å². The third-order valence-corrected chi connectivity index (χ3v) is 5.11. The zero-order valence-electron chi connectivity index (χ0n) is 13.0. The fraction of sp³-hybridized carbons (Fsp3) is 0.625. The van der Waals surface area contributed by atoms with Crippen LogP contribution in [0.2, 0.25) is 0 Å². The summed E-state index contributed by atoms with van der Waals surface area (Å²) in [5.74, 6) is 3.38. The molecule has 1 aliphatic heterocycles. The average Bonchev–Trinajstić information content (AvgIpc) is 2.46. The van der Waals surface area contributed by atoms with Crippen molar-refractivity contribution in [3.8, 4) is 5.75 Å². The van der Waals surface area contributed by atoms with Gasteiger partial charge in [-0.15, -0.1) is 0 Å². The average molecular weight is 294 g/mol. The van der Waals surface area contributed by atoms with Crippen LogP contribution >= 0.6 is 11.8 Å². The largest absolute Gasteiger partial charge is 0.497 e. The molecular weight excluding hydrogens is 268 g/mol. The van der Waals surface area contributed by atoms with E-state index in [4.69, 9.17) is 4.74 Å². The highest BCUT2D eigenvalue weighted by Crippen LogP contribution is 2.30. The maximum atomic E-state index is 5.32. The Labute approximate surface area is 127 Å². The van der Waals surface area contributed by atoms with E-state index >= 15 is 0 Å². The van der Waals surface area contributed by atoms with E-state index in [1.807, 2.05) is 0 Å². The quantitative estimate of drug-likeness (QED) is 0.902. The van der Waals surface area contributed by atoms with Crippen molar-refractivity contribution in [1.82, 2.24) is 10.2 Å². The number of benzene rings is 1. The van der Waals surface area contributed by atoms with Crippen molar-refractivity contribution in [2.45, 2.75) is 25.9 Å². The summed E-state index contributed by atoms with van der Waals surface area (Å²) < 4.78 is 5.32. The topological polar surface area (TPSA) is 24.5 Å². The molecule has 0 spiro atoms. The number of ether oxygens (including phenoxy) is 1. The molecule has 0 amide bonds. The van der Waals surface area contributed by atoms with E-state index in [1.165, 1.54) is 29.2 Å². The van der Waals surface area contributed by atoms with Gasteiger partial charge in [0.25, 0.3) is 0 Å². The van der Waals surface area contributed by atoms with Crippen molar-refractivity contribution in [2.75, 3.05) is 38.8 Å². The number of thioether (sulfide) groups is 1. The lowest BCUT2D eigenvalue weighted by atomic mass is 9.94. The monoisotopic (exact) mass is 294 g/mol. The van der Waals surface area contributed by atoms with Crippen LogP contribution in [0.25, 0.3) is 0 Å². The van der Waals surface area contributed by atoms with Gasteiger partial charge in [-0.25, -0.2) is 0 Å². The van der Waals surface area contributed by atoms with Crippen molar-refractivity contribution in [3.63, 3.8) is 0 Å². The lowest BCUT2D eigenvalue weighted by molar-refractivity contribution is 0.216. The normalized spacial score (nSPS) is 21.7. The van der Waals surface area contributed by atoms with Crippen LogP contribution < -0.4 is 10.1 Å². The Morgan fingerprint density at radius 1 is 1.50 bits per heavy atom. The minimum absolute atomic E-state index is 0.392. The summed E-state index contributed by atoms with van der Waals surface area (Å²) in [4.78, 5) is 2.49. The molecule has 0 saturated carbocycles. The molecule has 1 heterocycles. The first kappa shape index (κ1) is 15.7. The molecule has 1 aromatic carbocycles. The Balaban J connectivity index is 2.27. The molecule has 0 radical (unpaired) electrons. The molecule has 0 aliphatic carbocycles. The van der Waals surface area contributed by atoms with Crippen LogP contribution in [-0.2, 0) is 0 Å². The molecule has 2 rings (SSSR count). The van der Waals surface area contributed by atoms with E-state index in [1.54, 1.807) is 7.11 Å². The number of hydrogen-bond donors (Lipinski definition) is 1. The zero-order valence-corrected chi connectivity index (χ0v) is 13.8. The number of aryl methyl sites for hydroxylation is 1. The van der Waals surface area contributed by atoms with Crippen molar-refractivity contribution >= 4 is 11.8 Å². The molecular formula is C16H26N2OS. The third kappa shape index (κ3) is 3.48. The predicted molar refractivity (Wildman–Crippen MR) is 87.9 cm³/mol. The molecule has 4 heteroatoms. The number of nitrogens with one attached hydrogen (secondary N) is 1. The van der Waals surface area contributed by atoms with E-state index in [9.17, 15) is 0 Å². The Kier molecular flexibility index (Phi) is 5.75. The van der Waals surface area contributed by atoms with Crippen LogP contribution in [0, 0.1) is 6.92 Å². The number of nitrogens with zero attached hydrogens (tertiary/aromatic N) is 1. The Hall–Kier alpha value is -0.710. The summed E-state index contributed by atoms with van der Waals surface area (Å²) in [5, 5.41) is 3.68. The SMILES string of the molecule is CCNC(c1ccc(OC)cc1C)C1CSCCN1C. The molecule has 2 unspecified atom stereocenters. The van der Waals surface area contributed by atoms with Gasteiger partial charge in [-0.05, 0) is 43.8 Å². The van der Waals surface area contributed by atoms with E-state index in [0.29, 0.717) is 12.1 Å². The Morgan fingerprint density at radius 3 is 2.90 bits per heavy atom. The highest BCUT2D eigenvalue weighted by atomic mass is 32.2. The van der Waals surface area contributed by atoms with Crippen molar-refractivity contribution < 1.29 is 4.74 Å². The van der Waals surface area contributed by atoms with Gasteiger partial charge in [0.05, 0.1) is 7.11 Å². The molecule has 20 heavy (non-hydrogen) atoms. The summed E-state index contributed by atoms with van der Waals surface area (Å²) in [6, 6.07) is 7.37. The molecule has 1 aromatic rings. The summed E-state index contributed by atoms with van der Waals surface area (Å²) in [5.41, 5.74) is 2.70. The summed E-state index contributed by atoms with van der Waals surface area (Å²) >= 11 is 2.06. The number of likely N-dealkylation sites (N-methyl/N-ethyl adjacent to an activating group) is 2. The van der Waals surface area contributed by atoms with Crippen LogP contribution in [0.1, 0.15) is 24.1 Å². The minimum Gasteiger partial charge on any atom is -0.497 e. The highest BCUT2D eigenvalue weighted by Gasteiger charge is 2.29. The summed E-state index contributed by atoms with van der Waals surface area (Å²) in [7, 11) is 3.97. The van der Waals surface area contributed by atoms with Crippen molar-refractivity contribution in [2.24, 2.45) is 0 Å². The van der Waals surface area contributed by atoms with Gasteiger partial charge in [0.15, 0.2) is 0 Å². The molecule has 1 fully saturated rings. The van der Waals surface area contributed by atoms with Crippen LogP contribution in [0.5, 0.6) is 5.75 Å². The fourth-order valence-electron chi connectivity index (χ4n) is 2.85. The minimum atomic E-state index is 0.392. The Morgan fingerprint density at radius 2 is 2.30 bits per heavy atom. The van der Waals surface area contributed by atoms with Gasteiger partial charge >= 0.3 is 0 Å². The van der Waals surface area contributed by atoms with Crippen LogP contribution in [0.3, 0.4) is 0 Å². The second-order valence-corrected chi connectivity index (χ2v) is 6.53. The van der Waals surface area contributed by atoms with Gasteiger partial charge in [0, 0.05) is 30.1 Å². The molecule has 1 saturated heterocycles. The standard InChI is InChI=1S/C16H26N2OS/c1-5-17-16(15-11-20-9-8-18(15)3)14-7-6-13(19-4)10-12(14)2/h6-7,10,15-17H,5,8-9,11H2,1-4H3. The maximum absolute atomic E-state index is 5.32. The zero-order chi connectivity index (χ0) is 14.5. The van der Waals surface area contributed by atoms with Gasteiger partial charge in [-0.1, -0.05) is 13.0 Å². The van der Waals surface area contributed by atoms with E-state index in [0.717, 1.165) is 12.3 Å². The first-order chi connectivity index (χ1) is 9.67. The van der Waals surface area contributed by atoms with E-state index < -0.39 is 0 Å². The number of rotatable bonds is 5. The summed E-state index contributed by atoms with van der Waals surface area (Å²) in [6.45, 7) is 6.53. The summed E-state index contributed by atoms with van der Waals surface area (Å²) in [6.07, 6.45) is 0. The second kappa shape index (κ2) is 7.34. The Bertz CT molecular complexity index is 438. The third-order valence-electron chi connectivity index (χ3n) is 4.06. The van der Waals surface area contributed by atoms with Crippen molar-refractivity contribution in [1.29, 1.82) is 0 Å². The maximum Gasteiger partial charge on any atom is 0.119 e. The number of methoxy groups -OCH3 is 1. The van der Waals surface area contributed by atoms with E-state index in [2.05, 4.69) is 61.1 Å². The second-order valence-electron chi connectivity index (χ2n) is 5.38. The van der Waals surface area contributed by atoms with Gasteiger partial charge < -0.3 is 10.1 Å². The fourth-order valence-corrected chi connectivity index (χ4v) is 4.13. The predicted octanol–water partition coefficient (Wildman–Crippen LogP) is 2.70. The number of hydrogen-bond acceptors (Lipinski definition) is 4. The first-order valence-electron chi connectivity index (χ1n) is 7.33. The molecule has 1 N–H and O–H groups in total. The molecule has 0 aromatic heterocycles. The van der Waals surface area contributed by atoms with Crippen molar-refractivity contribution in [3.05, 3.63) is 29.3 Å². The van der Waals surface area contributed by atoms with Gasteiger partial charge in [-0.3, -0.25) is 4.90 Å². The first-order valence-corrected chi connectivity index (χ1v) is 8.48. The molecule has 1 aliphatic rings. The highest BCUT2D eigenvalue weighted by molar-refractivity contribution is 7.99. The van der Waals surface area contributed by atoms with Crippen LogP contribution in [0.15, 0.2) is 18.2 Å². The smallest absolute Gasteiger partial charge is 0.119 e. The van der Waals surface area contributed by atoms with E-state index in [-0.39, 0.29) is 0 Å². The molecule has 2 atom stereocenters. The molecule has 3 nitrogen and oxygen atoms in total. The van der Waals surface area contributed by atoms with Gasteiger partial charge in [0.1, 0.15) is 5.75 Å². The molecule has 112 valence electrons.